The summed E-state index contributed by atoms with van der Waals surface area (Å²) in [4.78, 5) is 13.7. The third kappa shape index (κ3) is 4.94. The number of rotatable bonds is 6. The molecule has 1 saturated heterocycles. The molecule has 1 aliphatic heterocycles. The van der Waals surface area contributed by atoms with Crippen molar-refractivity contribution in [1.82, 2.24) is 10.2 Å². The first-order valence-corrected chi connectivity index (χ1v) is 7.80. The molecule has 1 aliphatic carbocycles. The fourth-order valence-electron chi connectivity index (χ4n) is 2.71. The van der Waals surface area contributed by atoms with Gasteiger partial charge in [0.15, 0.2) is 0 Å². The van der Waals surface area contributed by atoms with Crippen LogP contribution in [-0.2, 0) is 4.74 Å². The van der Waals surface area contributed by atoms with Crippen LogP contribution in [0.1, 0.15) is 45.4 Å². The monoisotopic (exact) mass is 284 g/mol. The van der Waals surface area contributed by atoms with Crippen molar-refractivity contribution in [2.75, 3.05) is 26.8 Å². The fraction of sp³-hybridized carbons (Fsp3) is 0.933. The second-order valence-electron chi connectivity index (χ2n) is 6.56. The topological polar surface area (TPSA) is 61.8 Å². The summed E-state index contributed by atoms with van der Waals surface area (Å²) in [5.74, 6) is 0.898. The summed E-state index contributed by atoms with van der Waals surface area (Å²) in [6.45, 7) is 3.57. The van der Waals surface area contributed by atoms with Gasteiger partial charge in [-0.15, -0.1) is 0 Å². The molecule has 116 valence electrons. The third-order valence-corrected chi connectivity index (χ3v) is 4.38. The zero-order valence-electron chi connectivity index (χ0n) is 12.7. The van der Waals surface area contributed by atoms with Gasteiger partial charge in [-0.05, 0) is 25.7 Å². The summed E-state index contributed by atoms with van der Waals surface area (Å²) >= 11 is 0. The molecule has 2 aliphatic rings. The first kappa shape index (κ1) is 15.6. The van der Waals surface area contributed by atoms with Gasteiger partial charge in [0.25, 0.3) is 0 Å². The van der Waals surface area contributed by atoms with Crippen LogP contribution in [-0.4, -0.2) is 54.5 Å². The molecular weight excluding hydrogens is 256 g/mol. The molecule has 5 heteroatoms. The van der Waals surface area contributed by atoms with Crippen LogP contribution in [0.2, 0.25) is 0 Å². The number of nitrogens with zero attached hydrogens (tertiary/aromatic N) is 1. The van der Waals surface area contributed by atoms with Crippen molar-refractivity contribution in [2.24, 2.45) is 5.92 Å². The number of carbonyl (C=O) groups is 1. The number of ether oxygens (including phenoxy) is 1. The lowest BCUT2D eigenvalue weighted by molar-refractivity contribution is -0.0723. The molecule has 0 aromatic rings. The van der Waals surface area contributed by atoms with Crippen molar-refractivity contribution in [3.8, 4) is 0 Å². The molecule has 1 saturated carbocycles. The van der Waals surface area contributed by atoms with Gasteiger partial charge >= 0.3 is 6.03 Å². The lowest BCUT2D eigenvalue weighted by atomic mass is 9.94. The van der Waals surface area contributed by atoms with E-state index in [-0.39, 0.29) is 12.1 Å². The second-order valence-corrected chi connectivity index (χ2v) is 6.56. The molecule has 1 heterocycles. The Morgan fingerprint density at radius 2 is 2.10 bits per heavy atom. The molecule has 2 fully saturated rings. The first-order valence-electron chi connectivity index (χ1n) is 7.80. The standard InChI is InChI=1S/C15H28N2O3/c1-12(3-4-13-5-6-13)16-14(18)17(2)11-15(19)7-9-20-10-8-15/h12-13,19H,3-11H2,1-2H3,(H,16,18)/t12-/m1/s1. The predicted molar refractivity (Wildman–Crippen MR) is 77.6 cm³/mol. The minimum absolute atomic E-state index is 0.0896. The zero-order valence-corrected chi connectivity index (χ0v) is 12.7. The Kier molecular flexibility index (Phi) is 5.27. The molecule has 0 bridgehead atoms. The van der Waals surface area contributed by atoms with Gasteiger partial charge in [-0.25, -0.2) is 4.79 Å². The van der Waals surface area contributed by atoms with Crippen molar-refractivity contribution < 1.29 is 14.6 Å². The normalized spacial score (nSPS) is 23.1. The predicted octanol–water partition coefficient (Wildman–Crippen LogP) is 1.75. The van der Waals surface area contributed by atoms with Crippen LogP contribution in [0.4, 0.5) is 4.79 Å². The zero-order chi connectivity index (χ0) is 14.6. The SMILES string of the molecule is C[C@H](CCC1CC1)NC(=O)N(C)CC1(O)CCOCC1. The number of carbonyl (C=O) groups excluding carboxylic acids is 1. The molecule has 2 N–H and O–H groups in total. The van der Waals surface area contributed by atoms with E-state index in [4.69, 9.17) is 4.74 Å². The van der Waals surface area contributed by atoms with Gasteiger partial charge in [-0.2, -0.15) is 0 Å². The Bertz CT molecular complexity index is 325. The minimum atomic E-state index is -0.790. The van der Waals surface area contributed by atoms with E-state index in [0.717, 1.165) is 12.3 Å². The van der Waals surface area contributed by atoms with E-state index in [1.165, 1.54) is 19.3 Å². The molecular formula is C15H28N2O3. The van der Waals surface area contributed by atoms with E-state index in [0.29, 0.717) is 32.6 Å². The Balaban J connectivity index is 1.69. The number of urea groups is 1. The molecule has 0 aromatic carbocycles. The van der Waals surface area contributed by atoms with Crippen LogP contribution in [0.3, 0.4) is 0 Å². The van der Waals surface area contributed by atoms with Gasteiger partial charge in [0.05, 0.1) is 12.1 Å². The minimum Gasteiger partial charge on any atom is -0.388 e. The van der Waals surface area contributed by atoms with E-state index < -0.39 is 5.60 Å². The summed E-state index contributed by atoms with van der Waals surface area (Å²) in [5.41, 5.74) is -0.790. The lowest BCUT2D eigenvalue weighted by Gasteiger charge is -2.35. The number of nitrogens with one attached hydrogen (secondary N) is 1. The van der Waals surface area contributed by atoms with Crippen LogP contribution in [0.15, 0.2) is 0 Å². The van der Waals surface area contributed by atoms with Crippen molar-refractivity contribution in [3.63, 3.8) is 0 Å². The second kappa shape index (κ2) is 6.76. The van der Waals surface area contributed by atoms with Gasteiger partial charge in [-0.3, -0.25) is 0 Å². The van der Waals surface area contributed by atoms with Gasteiger partial charge < -0.3 is 20.1 Å². The van der Waals surface area contributed by atoms with Gasteiger partial charge in [0, 0.05) is 39.1 Å². The van der Waals surface area contributed by atoms with E-state index in [1.807, 2.05) is 0 Å². The highest BCUT2D eigenvalue weighted by Crippen LogP contribution is 2.33. The van der Waals surface area contributed by atoms with Gasteiger partial charge in [-0.1, -0.05) is 12.8 Å². The van der Waals surface area contributed by atoms with Crippen molar-refractivity contribution in [1.29, 1.82) is 0 Å². The summed E-state index contributed by atoms with van der Waals surface area (Å²) in [5, 5.41) is 13.4. The summed E-state index contributed by atoms with van der Waals surface area (Å²) in [6, 6.07) is 0.114. The smallest absolute Gasteiger partial charge is 0.317 e. The lowest BCUT2D eigenvalue weighted by Crippen LogP contribution is -2.51. The van der Waals surface area contributed by atoms with Crippen LogP contribution in [0.25, 0.3) is 0 Å². The maximum atomic E-state index is 12.1. The van der Waals surface area contributed by atoms with E-state index in [2.05, 4.69) is 12.2 Å². The van der Waals surface area contributed by atoms with Gasteiger partial charge in [0.1, 0.15) is 0 Å². The fourth-order valence-corrected chi connectivity index (χ4v) is 2.71. The Morgan fingerprint density at radius 3 is 2.70 bits per heavy atom. The number of hydrogen-bond donors (Lipinski definition) is 2. The van der Waals surface area contributed by atoms with Gasteiger partial charge in [0.2, 0.25) is 0 Å². The molecule has 0 unspecified atom stereocenters. The van der Waals surface area contributed by atoms with Crippen molar-refractivity contribution >= 4 is 6.03 Å². The van der Waals surface area contributed by atoms with Crippen molar-refractivity contribution in [3.05, 3.63) is 0 Å². The average molecular weight is 284 g/mol. The Labute approximate surface area is 121 Å². The summed E-state index contributed by atoms with van der Waals surface area (Å²) in [6.07, 6.45) is 6.17. The molecule has 5 nitrogen and oxygen atoms in total. The molecule has 20 heavy (non-hydrogen) atoms. The van der Waals surface area contributed by atoms with E-state index in [9.17, 15) is 9.90 Å². The molecule has 0 spiro atoms. The number of aliphatic hydroxyl groups is 1. The highest BCUT2D eigenvalue weighted by Gasteiger charge is 2.32. The van der Waals surface area contributed by atoms with E-state index >= 15 is 0 Å². The number of hydrogen-bond acceptors (Lipinski definition) is 3. The van der Waals surface area contributed by atoms with Crippen LogP contribution >= 0.6 is 0 Å². The van der Waals surface area contributed by atoms with Crippen molar-refractivity contribution in [2.45, 2.75) is 57.1 Å². The molecule has 2 amide bonds. The quantitative estimate of drug-likeness (QED) is 0.781. The first-order chi connectivity index (χ1) is 9.48. The highest BCUT2D eigenvalue weighted by molar-refractivity contribution is 5.74. The molecule has 2 rings (SSSR count). The maximum Gasteiger partial charge on any atom is 0.317 e. The Morgan fingerprint density at radius 1 is 1.45 bits per heavy atom. The van der Waals surface area contributed by atoms with Crippen LogP contribution in [0, 0.1) is 5.92 Å². The maximum absolute atomic E-state index is 12.1. The number of likely N-dealkylation sites (N-methyl/N-ethyl adjacent to an activating group) is 1. The van der Waals surface area contributed by atoms with Crippen LogP contribution in [0.5, 0.6) is 0 Å². The highest BCUT2D eigenvalue weighted by atomic mass is 16.5. The molecule has 1 atom stereocenters. The molecule has 0 radical (unpaired) electrons. The van der Waals surface area contributed by atoms with Crippen LogP contribution < -0.4 is 5.32 Å². The Hall–Kier alpha value is -0.810. The third-order valence-electron chi connectivity index (χ3n) is 4.38. The largest absolute Gasteiger partial charge is 0.388 e. The average Bonchev–Trinajstić information content (AvgIpc) is 3.20. The number of amides is 2. The van der Waals surface area contributed by atoms with E-state index in [1.54, 1.807) is 11.9 Å². The molecule has 0 aromatic heterocycles. The summed E-state index contributed by atoms with van der Waals surface area (Å²) < 4.78 is 5.25. The summed E-state index contributed by atoms with van der Waals surface area (Å²) in [7, 11) is 1.75.